The maximum Gasteiger partial charge on any atom is 0.341 e. The molecule has 1 rings (SSSR count). The molecule has 0 N–H and O–H groups in total. The van der Waals surface area contributed by atoms with Gasteiger partial charge in [0.2, 0.25) is 0 Å². The summed E-state index contributed by atoms with van der Waals surface area (Å²) in [6.07, 6.45) is 1.11. The van der Waals surface area contributed by atoms with Crippen molar-refractivity contribution in [3.05, 3.63) is 27.7 Å². The predicted molar refractivity (Wildman–Crippen MR) is 86.8 cm³/mol. The van der Waals surface area contributed by atoms with Gasteiger partial charge in [-0.05, 0) is 26.0 Å². The molecule has 1 atom stereocenters. The second kappa shape index (κ2) is 8.64. The van der Waals surface area contributed by atoms with Gasteiger partial charge in [-0.1, -0.05) is 23.2 Å². The van der Waals surface area contributed by atoms with Crippen LogP contribution in [-0.4, -0.2) is 37.7 Å². The highest BCUT2D eigenvalue weighted by Gasteiger charge is 2.23. The molecule has 1 unspecified atom stereocenters. The van der Waals surface area contributed by atoms with Crippen molar-refractivity contribution in [2.45, 2.75) is 13.8 Å². The number of rotatable bonds is 6. The van der Waals surface area contributed by atoms with Crippen LogP contribution in [0.25, 0.3) is 0 Å². The Bertz CT molecular complexity index is 658. The van der Waals surface area contributed by atoms with Crippen molar-refractivity contribution in [3.8, 4) is 0 Å². The van der Waals surface area contributed by atoms with E-state index in [1.807, 2.05) is 0 Å². The lowest BCUT2D eigenvalue weighted by Gasteiger charge is -2.09. The van der Waals surface area contributed by atoms with E-state index in [9.17, 15) is 14.4 Å². The molecule has 0 aliphatic carbocycles. The van der Waals surface area contributed by atoms with Gasteiger partial charge in [-0.3, -0.25) is 14.6 Å². The maximum absolute atomic E-state index is 11.9. The standard InChI is InChI=1S/C15H15Cl2NO5/c1-4-23-15(21)12-10(16)5-6-11(13(12)17)18-7-9(8(2)19)14(20)22-3/h5-7,9H,4H2,1-3H3. The molecule has 0 heterocycles. The fourth-order valence-corrected chi connectivity index (χ4v) is 2.22. The third kappa shape index (κ3) is 4.77. The van der Waals surface area contributed by atoms with Gasteiger partial charge in [-0.15, -0.1) is 0 Å². The van der Waals surface area contributed by atoms with E-state index in [0.717, 1.165) is 6.21 Å². The van der Waals surface area contributed by atoms with Gasteiger partial charge in [0.25, 0.3) is 0 Å². The smallest absolute Gasteiger partial charge is 0.341 e. The first-order valence-corrected chi connectivity index (χ1v) is 7.36. The molecule has 0 spiro atoms. The minimum absolute atomic E-state index is 0.0257. The summed E-state index contributed by atoms with van der Waals surface area (Å²) in [5, 5.41) is 0.0860. The number of methoxy groups -OCH3 is 1. The van der Waals surface area contributed by atoms with Gasteiger partial charge in [0, 0.05) is 6.21 Å². The van der Waals surface area contributed by atoms with E-state index in [4.69, 9.17) is 27.9 Å². The Morgan fingerprint density at radius 3 is 2.48 bits per heavy atom. The van der Waals surface area contributed by atoms with Crippen LogP contribution in [0.5, 0.6) is 0 Å². The highest BCUT2D eigenvalue weighted by molar-refractivity contribution is 6.41. The van der Waals surface area contributed by atoms with Gasteiger partial charge in [-0.2, -0.15) is 0 Å². The molecule has 124 valence electrons. The molecule has 0 amide bonds. The Morgan fingerprint density at radius 2 is 1.96 bits per heavy atom. The summed E-state index contributed by atoms with van der Waals surface area (Å²) in [6.45, 7) is 3.05. The number of nitrogens with zero attached hydrogens (tertiary/aromatic N) is 1. The fraction of sp³-hybridized carbons (Fsp3) is 0.333. The number of ketones is 1. The minimum Gasteiger partial charge on any atom is -0.468 e. The zero-order chi connectivity index (χ0) is 17.6. The Hall–Kier alpha value is -1.92. The van der Waals surface area contributed by atoms with E-state index in [-0.39, 0.29) is 27.9 Å². The first kappa shape index (κ1) is 19.1. The first-order chi connectivity index (χ1) is 10.8. The summed E-state index contributed by atoms with van der Waals surface area (Å²) in [5.74, 6) is -3.01. The monoisotopic (exact) mass is 359 g/mol. The number of carbonyl (C=O) groups excluding carboxylic acids is 3. The second-order valence-corrected chi connectivity index (χ2v) is 5.15. The zero-order valence-electron chi connectivity index (χ0n) is 12.8. The minimum atomic E-state index is -1.15. The Balaban J connectivity index is 3.21. The van der Waals surface area contributed by atoms with Crippen LogP contribution in [0.15, 0.2) is 17.1 Å². The quantitative estimate of drug-likeness (QED) is 0.442. The molecule has 23 heavy (non-hydrogen) atoms. The Kier molecular flexibility index (Phi) is 7.19. The van der Waals surface area contributed by atoms with Crippen LogP contribution >= 0.6 is 23.2 Å². The largest absolute Gasteiger partial charge is 0.468 e. The number of halogens is 2. The average Bonchev–Trinajstić information content (AvgIpc) is 2.49. The second-order valence-electron chi connectivity index (χ2n) is 4.37. The van der Waals surface area contributed by atoms with Crippen molar-refractivity contribution < 1.29 is 23.9 Å². The number of hydrogen-bond acceptors (Lipinski definition) is 6. The molecule has 8 heteroatoms. The molecule has 0 bridgehead atoms. The van der Waals surface area contributed by atoms with Crippen molar-refractivity contribution in [2.24, 2.45) is 10.9 Å². The number of aliphatic imine (C=N–C) groups is 1. The topological polar surface area (TPSA) is 82.0 Å². The number of ether oxygens (including phenoxy) is 2. The molecule has 0 aromatic heterocycles. The van der Waals surface area contributed by atoms with Gasteiger partial charge in [0.15, 0.2) is 5.92 Å². The summed E-state index contributed by atoms with van der Waals surface area (Å²) < 4.78 is 9.40. The van der Waals surface area contributed by atoms with Crippen molar-refractivity contribution in [1.29, 1.82) is 0 Å². The molecule has 1 aromatic carbocycles. The summed E-state index contributed by atoms with van der Waals surface area (Å²) in [4.78, 5) is 38.8. The third-order valence-electron chi connectivity index (χ3n) is 2.81. The van der Waals surface area contributed by atoms with Crippen LogP contribution in [0.2, 0.25) is 10.0 Å². The van der Waals surface area contributed by atoms with Crippen LogP contribution in [0.4, 0.5) is 5.69 Å². The van der Waals surface area contributed by atoms with E-state index < -0.39 is 23.6 Å². The summed E-state index contributed by atoms with van der Waals surface area (Å²) in [5.41, 5.74) is 0.150. The Morgan fingerprint density at radius 1 is 1.30 bits per heavy atom. The van der Waals surface area contributed by atoms with Gasteiger partial charge < -0.3 is 9.47 Å². The lowest BCUT2D eigenvalue weighted by molar-refractivity contribution is -0.145. The molecular weight excluding hydrogens is 345 g/mol. The van der Waals surface area contributed by atoms with E-state index >= 15 is 0 Å². The normalized spacial score (nSPS) is 12.0. The van der Waals surface area contributed by atoms with Crippen molar-refractivity contribution >= 4 is 52.8 Å². The van der Waals surface area contributed by atoms with Gasteiger partial charge >= 0.3 is 11.9 Å². The van der Waals surface area contributed by atoms with Crippen LogP contribution < -0.4 is 0 Å². The number of benzene rings is 1. The molecule has 0 saturated heterocycles. The molecule has 1 aromatic rings. The Labute approximate surface area is 143 Å². The molecule has 0 saturated carbocycles. The van der Waals surface area contributed by atoms with Gasteiger partial charge in [-0.25, -0.2) is 4.79 Å². The van der Waals surface area contributed by atoms with Gasteiger partial charge in [0.05, 0.1) is 35.0 Å². The van der Waals surface area contributed by atoms with Crippen LogP contribution in [0.1, 0.15) is 24.2 Å². The first-order valence-electron chi connectivity index (χ1n) is 6.61. The summed E-state index contributed by atoms with van der Waals surface area (Å²) >= 11 is 12.1. The fourth-order valence-electron chi connectivity index (χ4n) is 1.65. The number of Topliss-reactive ketones (excluding diaryl/α,β-unsaturated/α-hetero) is 1. The molecular formula is C15H15Cl2NO5. The average molecular weight is 360 g/mol. The SMILES string of the molecule is CCOC(=O)c1c(Cl)ccc(N=CC(C(C)=O)C(=O)OC)c1Cl. The third-order valence-corrected chi connectivity index (χ3v) is 3.50. The van der Waals surface area contributed by atoms with Crippen molar-refractivity contribution in [2.75, 3.05) is 13.7 Å². The lowest BCUT2D eigenvalue weighted by atomic mass is 10.1. The maximum atomic E-state index is 11.9. The highest BCUT2D eigenvalue weighted by atomic mass is 35.5. The summed E-state index contributed by atoms with van der Waals surface area (Å²) in [6, 6.07) is 2.88. The van der Waals surface area contributed by atoms with Crippen LogP contribution in [0, 0.1) is 5.92 Å². The molecule has 0 fully saturated rings. The van der Waals surface area contributed by atoms with E-state index in [2.05, 4.69) is 9.73 Å². The van der Waals surface area contributed by atoms with Crippen molar-refractivity contribution in [3.63, 3.8) is 0 Å². The van der Waals surface area contributed by atoms with Crippen LogP contribution in [-0.2, 0) is 19.1 Å². The zero-order valence-corrected chi connectivity index (χ0v) is 14.3. The van der Waals surface area contributed by atoms with E-state index in [1.165, 1.54) is 26.2 Å². The highest BCUT2D eigenvalue weighted by Crippen LogP contribution is 2.34. The molecule has 0 aliphatic rings. The number of esters is 2. The molecule has 0 radical (unpaired) electrons. The van der Waals surface area contributed by atoms with Gasteiger partial charge in [0.1, 0.15) is 5.78 Å². The number of carbonyl (C=O) groups is 3. The molecule has 0 aliphatic heterocycles. The molecule has 6 nitrogen and oxygen atoms in total. The predicted octanol–water partition coefficient (Wildman–Crippen LogP) is 3.25. The lowest BCUT2D eigenvalue weighted by Crippen LogP contribution is -2.24. The van der Waals surface area contributed by atoms with Crippen LogP contribution in [0.3, 0.4) is 0 Å². The summed E-state index contributed by atoms with van der Waals surface area (Å²) in [7, 11) is 1.17. The van der Waals surface area contributed by atoms with E-state index in [0.29, 0.717) is 0 Å². The number of hydrogen-bond donors (Lipinski definition) is 0. The van der Waals surface area contributed by atoms with Crippen molar-refractivity contribution in [1.82, 2.24) is 0 Å². The van der Waals surface area contributed by atoms with E-state index in [1.54, 1.807) is 6.92 Å².